The molecule has 2 rings (SSSR count). The van der Waals surface area contributed by atoms with Crippen LogP contribution in [0.3, 0.4) is 0 Å². The predicted molar refractivity (Wildman–Crippen MR) is 67.6 cm³/mol. The Bertz CT molecular complexity index is 693. The van der Waals surface area contributed by atoms with Crippen LogP contribution in [0.1, 0.15) is 20.7 Å². The smallest absolute Gasteiger partial charge is 0.336 e. The van der Waals surface area contributed by atoms with Gasteiger partial charge in [-0.25, -0.2) is 9.59 Å². The molecule has 0 spiro atoms. The Balaban J connectivity index is 2.86. The van der Waals surface area contributed by atoms with Crippen molar-refractivity contribution in [1.82, 2.24) is 0 Å². The van der Waals surface area contributed by atoms with E-state index in [1.54, 1.807) is 6.07 Å². The second-order valence-corrected chi connectivity index (χ2v) is 3.80. The average molecular weight is 259 g/mol. The molecule has 0 heterocycles. The Morgan fingerprint density at radius 1 is 1.05 bits per heavy atom. The summed E-state index contributed by atoms with van der Waals surface area (Å²) in [4.78, 5) is 32.8. The first kappa shape index (κ1) is 12.6. The van der Waals surface area contributed by atoms with Crippen molar-refractivity contribution in [3.63, 3.8) is 0 Å². The summed E-state index contributed by atoms with van der Waals surface area (Å²) in [7, 11) is 0. The van der Waals surface area contributed by atoms with Crippen LogP contribution in [0.2, 0.25) is 0 Å². The third-order valence-electron chi connectivity index (χ3n) is 2.66. The van der Waals surface area contributed by atoms with Gasteiger partial charge in [-0.15, -0.1) is 0 Å². The Labute approximate surface area is 107 Å². The summed E-state index contributed by atoms with van der Waals surface area (Å²) in [6.45, 7) is 0. The molecule has 2 aromatic rings. The lowest BCUT2D eigenvalue weighted by Crippen LogP contribution is -2.05. The maximum atomic E-state index is 11.2. The van der Waals surface area contributed by atoms with Gasteiger partial charge in [0.2, 0.25) is 6.41 Å². The molecule has 0 aliphatic rings. The van der Waals surface area contributed by atoms with Crippen LogP contribution in [0.15, 0.2) is 30.3 Å². The van der Waals surface area contributed by atoms with Crippen LogP contribution >= 0.6 is 0 Å². The number of carboxylic acid groups (broad SMARTS) is 2. The fraction of sp³-hybridized carbons (Fsp3) is 0. The largest absolute Gasteiger partial charge is 0.478 e. The van der Waals surface area contributed by atoms with Crippen molar-refractivity contribution >= 4 is 34.8 Å². The van der Waals surface area contributed by atoms with Gasteiger partial charge in [0.15, 0.2) is 0 Å². The average Bonchev–Trinajstić information content (AvgIpc) is 2.37. The van der Waals surface area contributed by atoms with Crippen molar-refractivity contribution in [2.75, 3.05) is 5.32 Å². The van der Waals surface area contributed by atoms with Crippen molar-refractivity contribution in [1.29, 1.82) is 0 Å². The fourth-order valence-electron chi connectivity index (χ4n) is 1.93. The summed E-state index contributed by atoms with van der Waals surface area (Å²) in [5.74, 6) is -2.46. The standard InChI is InChI=1S/C13H9NO5/c15-6-14-8-4-7-2-1-3-9(12(16)17)11(7)10(5-8)13(18)19/h1-6H,(H,14,15)(H,16,17)(H,18,19). The molecule has 2 aromatic carbocycles. The van der Waals surface area contributed by atoms with E-state index in [0.29, 0.717) is 17.5 Å². The Morgan fingerprint density at radius 2 is 1.74 bits per heavy atom. The summed E-state index contributed by atoms with van der Waals surface area (Å²) < 4.78 is 0. The van der Waals surface area contributed by atoms with Gasteiger partial charge in [0, 0.05) is 11.1 Å². The van der Waals surface area contributed by atoms with E-state index in [4.69, 9.17) is 5.11 Å². The molecule has 0 aliphatic heterocycles. The van der Waals surface area contributed by atoms with E-state index >= 15 is 0 Å². The molecule has 0 unspecified atom stereocenters. The third-order valence-corrected chi connectivity index (χ3v) is 2.66. The minimum Gasteiger partial charge on any atom is -0.478 e. The zero-order chi connectivity index (χ0) is 14.0. The molecule has 0 saturated carbocycles. The first-order chi connectivity index (χ1) is 9.04. The van der Waals surface area contributed by atoms with E-state index in [2.05, 4.69) is 5.32 Å². The van der Waals surface area contributed by atoms with E-state index in [0.717, 1.165) is 0 Å². The molecule has 96 valence electrons. The first-order valence-corrected chi connectivity index (χ1v) is 5.28. The number of aromatic carboxylic acids is 2. The van der Waals surface area contributed by atoms with Gasteiger partial charge in [0.25, 0.3) is 0 Å². The maximum Gasteiger partial charge on any atom is 0.336 e. The van der Waals surface area contributed by atoms with Crippen molar-refractivity contribution < 1.29 is 24.6 Å². The van der Waals surface area contributed by atoms with E-state index in [9.17, 15) is 19.5 Å². The molecule has 0 aliphatic carbocycles. The predicted octanol–water partition coefficient (Wildman–Crippen LogP) is 1.80. The highest BCUT2D eigenvalue weighted by Crippen LogP contribution is 2.27. The number of carbonyl (C=O) groups excluding carboxylic acids is 1. The van der Waals surface area contributed by atoms with Crippen LogP contribution < -0.4 is 5.32 Å². The van der Waals surface area contributed by atoms with E-state index in [-0.39, 0.29) is 16.5 Å². The van der Waals surface area contributed by atoms with Crippen LogP contribution in [0, 0.1) is 0 Å². The van der Waals surface area contributed by atoms with Crippen LogP contribution in [0.4, 0.5) is 5.69 Å². The van der Waals surface area contributed by atoms with Gasteiger partial charge in [0.1, 0.15) is 0 Å². The van der Waals surface area contributed by atoms with Crippen LogP contribution in [-0.2, 0) is 4.79 Å². The van der Waals surface area contributed by atoms with Crippen LogP contribution in [0.25, 0.3) is 10.8 Å². The quantitative estimate of drug-likeness (QED) is 0.726. The molecule has 19 heavy (non-hydrogen) atoms. The summed E-state index contributed by atoms with van der Waals surface area (Å²) in [6.07, 6.45) is 0.424. The molecule has 0 saturated heterocycles. The molecule has 1 amide bonds. The number of carbonyl (C=O) groups is 3. The second-order valence-electron chi connectivity index (χ2n) is 3.80. The molecular formula is C13H9NO5. The van der Waals surface area contributed by atoms with Gasteiger partial charge < -0.3 is 15.5 Å². The molecule has 0 aromatic heterocycles. The first-order valence-electron chi connectivity index (χ1n) is 5.28. The molecule has 6 heteroatoms. The molecular weight excluding hydrogens is 250 g/mol. The van der Waals surface area contributed by atoms with Crippen molar-refractivity contribution in [2.45, 2.75) is 0 Å². The number of amides is 1. The molecule has 0 fully saturated rings. The summed E-state index contributed by atoms with van der Waals surface area (Å²) >= 11 is 0. The summed E-state index contributed by atoms with van der Waals surface area (Å²) in [6, 6.07) is 7.18. The van der Waals surface area contributed by atoms with E-state index < -0.39 is 11.9 Å². The number of hydrogen-bond donors (Lipinski definition) is 3. The topological polar surface area (TPSA) is 104 Å². The van der Waals surface area contributed by atoms with Gasteiger partial charge in [-0.2, -0.15) is 0 Å². The highest BCUT2D eigenvalue weighted by atomic mass is 16.4. The fourth-order valence-corrected chi connectivity index (χ4v) is 1.93. The number of hydrogen-bond acceptors (Lipinski definition) is 3. The maximum absolute atomic E-state index is 11.2. The summed E-state index contributed by atoms with van der Waals surface area (Å²) in [5, 5.41) is 21.2. The Morgan fingerprint density at radius 3 is 2.32 bits per heavy atom. The van der Waals surface area contributed by atoms with Crippen molar-refractivity contribution in [3.8, 4) is 0 Å². The van der Waals surface area contributed by atoms with Gasteiger partial charge in [-0.1, -0.05) is 12.1 Å². The lowest BCUT2D eigenvalue weighted by Gasteiger charge is -2.09. The number of fused-ring (bicyclic) bond motifs is 1. The van der Waals surface area contributed by atoms with Gasteiger partial charge >= 0.3 is 11.9 Å². The van der Waals surface area contributed by atoms with Crippen LogP contribution in [0.5, 0.6) is 0 Å². The normalized spacial score (nSPS) is 10.1. The summed E-state index contributed by atoms with van der Waals surface area (Å²) in [5.41, 5.74) is 0.0369. The number of anilines is 1. The van der Waals surface area contributed by atoms with Gasteiger partial charge in [-0.05, 0) is 23.6 Å². The van der Waals surface area contributed by atoms with Crippen molar-refractivity contribution in [3.05, 3.63) is 41.5 Å². The molecule has 0 bridgehead atoms. The third kappa shape index (κ3) is 2.23. The lowest BCUT2D eigenvalue weighted by atomic mass is 9.98. The van der Waals surface area contributed by atoms with E-state index in [1.165, 1.54) is 24.3 Å². The number of carboxylic acids is 2. The highest BCUT2D eigenvalue weighted by Gasteiger charge is 2.17. The molecule has 0 radical (unpaired) electrons. The van der Waals surface area contributed by atoms with Crippen LogP contribution in [-0.4, -0.2) is 28.6 Å². The Kier molecular flexibility index (Phi) is 3.15. The lowest BCUT2D eigenvalue weighted by molar-refractivity contribution is -0.105. The van der Waals surface area contributed by atoms with Gasteiger partial charge in [-0.3, -0.25) is 4.79 Å². The number of rotatable bonds is 4. The zero-order valence-electron chi connectivity index (χ0n) is 9.58. The van der Waals surface area contributed by atoms with Crippen molar-refractivity contribution in [2.24, 2.45) is 0 Å². The minimum atomic E-state index is -1.26. The number of benzene rings is 2. The highest BCUT2D eigenvalue weighted by molar-refractivity contribution is 6.13. The molecule has 3 N–H and O–H groups in total. The minimum absolute atomic E-state index is 0.0902. The molecule has 0 atom stereocenters. The van der Waals surface area contributed by atoms with Gasteiger partial charge in [0.05, 0.1) is 11.1 Å². The SMILES string of the molecule is O=CNc1cc(C(=O)O)c2c(C(=O)O)cccc2c1. The molecule has 6 nitrogen and oxygen atoms in total. The Hall–Kier alpha value is -2.89. The second kappa shape index (κ2) is 4.77. The monoisotopic (exact) mass is 259 g/mol. The zero-order valence-corrected chi connectivity index (χ0v) is 9.58. The van der Waals surface area contributed by atoms with E-state index in [1.807, 2.05) is 0 Å². The number of nitrogens with one attached hydrogen (secondary N) is 1.